The van der Waals surface area contributed by atoms with E-state index in [1.807, 2.05) is 20.9 Å². The van der Waals surface area contributed by atoms with Crippen molar-refractivity contribution in [1.82, 2.24) is 34.2 Å². The molecule has 1 saturated heterocycles. The van der Waals surface area contributed by atoms with Crippen LogP contribution in [-0.2, 0) is 54.3 Å². The number of aliphatic hydroxyl groups is 1. The molecule has 1 heterocycles. The normalized spacial score (nSPS) is 16.9. The Balaban J connectivity index is 2.08. The van der Waals surface area contributed by atoms with Gasteiger partial charge in [-0.3, -0.25) is 24.2 Å². The average Bonchev–Trinajstić information content (AvgIpc) is 3.80. The SMILES string of the molecule is CC[I-]N(CC[N+](C)(CC[N+](CC)(COC(=O)CC)CC(=O)N[C@@H](CCCN=C(N)N(C)C)C(=O)NCCCCC(=O)NCc1ccc(C(=O)N[C@H](C)C(=O)N2C[C@@H](O)C[C@H]2B(O)O)cc1)CC(=O)OC)CC(=O)OC. The zero-order chi connectivity index (χ0) is 57.0. The second-order valence-corrected chi connectivity index (χ2v) is 22.9. The molecule has 2 unspecified atom stereocenters. The van der Waals surface area contributed by atoms with Crippen LogP contribution in [0.25, 0.3) is 0 Å². The number of amides is 5. The van der Waals surface area contributed by atoms with Gasteiger partial charge in [-0.1, -0.05) is 12.1 Å². The van der Waals surface area contributed by atoms with E-state index >= 15 is 0 Å². The fourth-order valence-corrected chi connectivity index (χ4v) is 10.1. The minimum absolute atomic E-state index is 0.000855. The number of aliphatic hydroxyl groups excluding tert-OH is 1. The summed E-state index contributed by atoms with van der Waals surface area (Å²) in [6.07, 6.45) is 0.920. The van der Waals surface area contributed by atoms with Gasteiger partial charge < -0.3 is 46.6 Å². The van der Waals surface area contributed by atoms with E-state index in [2.05, 4.69) is 29.4 Å². The second kappa shape index (κ2) is 34.5. The van der Waals surface area contributed by atoms with Crippen LogP contribution in [0.15, 0.2) is 29.3 Å². The van der Waals surface area contributed by atoms with Crippen molar-refractivity contribution < 1.29 is 98.2 Å². The number of alkyl halides is 1. The number of guanidine groups is 1. The van der Waals surface area contributed by atoms with Crippen LogP contribution in [-0.4, -0.2) is 240 Å². The van der Waals surface area contributed by atoms with Crippen molar-refractivity contribution in [1.29, 1.82) is 0 Å². The molecule has 1 aromatic rings. The summed E-state index contributed by atoms with van der Waals surface area (Å²) in [6, 6.07) is 4.46. The molecule has 0 saturated carbocycles. The van der Waals surface area contributed by atoms with E-state index in [9.17, 15) is 53.5 Å². The van der Waals surface area contributed by atoms with Gasteiger partial charge in [-0.05, 0) is 50.3 Å². The van der Waals surface area contributed by atoms with Crippen LogP contribution in [0.3, 0.4) is 0 Å². The number of carbonyl (C=O) groups is 8. The number of carbonyl (C=O) groups excluding carboxylic acids is 8. The summed E-state index contributed by atoms with van der Waals surface area (Å²) in [5.41, 5.74) is 6.96. The molecule has 1 aliphatic rings. The molecule has 0 aromatic heterocycles. The monoisotopic (exact) mass is 1190 g/mol. The second-order valence-electron chi connectivity index (χ2n) is 19.3. The van der Waals surface area contributed by atoms with Crippen LogP contribution in [0.1, 0.15) is 88.6 Å². The van der Waals surface area contributed by atoms with Crippen molar-refractivity contribution in [3.05, 3.63) is 35.4 Å². The number of methoxy groups -OCH3 is 2. The van der Waals surface area contributed by atoms with Crippen LogP contribution in [0.4, 0.5) is 0 Å². The molecule has 76 heavy (non-hydrogen) atoms. The molecular formula is C49H86BIN11O14+. The number of nitrogens with two attached hydrogens (primary N) is 1. The van der Waals surface area contributed by atoms with E-state index < -0.39 is 88.3 Å². The molecule has 0 radical (unpaired) electrons. The number of rotatable bonds is 35. The predicted octanol–water partition coefficient (Wildman–Crippen LogP) is -5.31. The molecule has 25 nitrogen and oxygen atoms in total. The third-order valence-corrected chi connectivity index (χ3v) is 15.5. The molecule has 5 amide bonds. The van der Waals surface area contributed by atoms with Crippen molar-refractivity contribution in [2.45, 2.75) is 103 Å². The number of unbranched alkanes of at least 4 members (excludes halogenated alkanes) is 1. The number of ether oxygens (including phenoxy) is 3. The number of hydrogen-bond donors (Lipinski definition) is 8. The van der Waals surface area contributed by atoms with E-state index in [4.69, 9.17) is 19.9 Å². The molecule has 2 rings (SSSR count). The zero-order valence-electron chi connectivity index (χ0n) is 46.0. The quantitative estimate of drug-likeness (QED) is 0.00269. The van der Waals surface area contributed by atoms with Gasteiger partial charge in [0, 0.05) is 52.3 Å². The number of nitrogens with one attached hydrogen (secondary N) is 4. The number of hydrogen-bond acceptors (Lipinski definition) is 16. The van der Waals surface area contributed by atoms with Crippen molar-refractivity contribution in [3.63, 3.8) is 0 Å². The van der Waals surface area contributed by atoms with Crippen molar-refractivity contribution in [2.24, 2.45) is 10.7 Å². The topological polar surface area (TPSA) is 321 Å². The number of quaternary nitrogens is 2. The molecule has 6 atom stereocenters. The number of likely N-dealkylation sites (tertiary alicyclic amines) is 1. The van der Waals surface area contributed by atoms with E-state index in [0.29, 0.717) is 70.1 Å². The van der Waals surface area contributed by atoms with Crippen LogP contribution in [0.2, 0.25) is 0 Å². The number of likely N-dealkylation sites (N-methyl/N-ethyl adjacent to an activating group) is 2. The summed E-state index contributed by atoms with van der Waals surface area (Å²) in [7, 11) is 6.25. The van der Waals surface area contributed by atoms with Gasteiger partial charge >= 0.3 is 234 Å². The molecule has 1 aliphatic heterocycles. The van der Waals surface area contributed by atoms with Crippen LogP contribution >= 0.6 is 0 Å². The standard InChI is InChI=1S/C49H85BIN11O14/c1-10-43(66)76-34-62(12-3,27-26-61(7,33-45(68)75-9)25-24-59(51-11-2)31-44(67)74-8)32-42(65)57-39(16-15-23-54-49(52)58(5)6)47(70)53-22-14-13-17-41(64)55-29-36-18-20-37(21-19-36)46(69)56-35(4)48(71)60-30-38(63)28-40(60)50(72)73/h18-21,35,38-40,63,72-73H,10-17,22-34H2,1-9H3,(H5-,52,53,54,55,56,57,64,65,69,70)/p+1/t35-,38+,39+,40+,61?,62?/m1/s1. The van der Waals surface area contributed by atoms with Gasteiger partial charge in [0.15, 0.2) is 5.96 Å². The molecule has 1 aromatic carbocycles. The Morgan fingerprint density at radius 2 is 1.59 bits per heavy atom. The van der Waals surface area contributed by atoms with Gasteiger partial charge in [0.25, 0.3) is 5.91 Å². The summed E-state index contributed by atoms with van der Waals surface area (Å²) in [5.74, 6) is -4.11. The van der Waals surface area contributed by atoms with Gasteiger partial charge in [-0.15, -0.1) is 0 Å². The van der Waals surface area contributed by atoms with Gasteiger partial charge in [-0.2, -0.15) is 0 Å². The predicted molar refractivity (Wildman–Crippen MR) is 278 cm³/mol. The number of nitrogens with zero attached hydrogens (tertiary/aromatic N) is 6. The Morgan fingerprint density at radius 1 is 0.908 bits per heavy atom. The fourth-order valence-electron chi connectivity index (χ4n) is 8.09. The van der Waals surface area contributed by atoms with E-state index in [-0.39, 0.29) is 98.1 Å². The Labute approximate surface area is 458 Å². The van der Waals surface area contributed by atoms with Crippen LogP contribution in [0.5, 0.6) is 0 Å². The maximum absolute atomic E-state index is 14.1. The molecular weight excluding hydrogens is 1100 g/mol. The first-order valence-corrected chi connectivity index (χ1v) is 28.3. The van der Waals surface area contributed by atoms with Crippen molar-refractivity contribution in [3.8, 4) is 0 Å². The number of β-amino-alcohol motifs (C(OH)–C–C–N with tert-alkyl or cyclic N) is 1. The average molecular weight is 1190 g/mol. The number of halogens is 1. The van der Waals surface area contributed by atoms with E-state index in [1.165, 1.54) is 21.1 Å². The van der Waals surface area contributed by atoms with E-state index in [0.717, 1.165) is 9.33 Å². The maximum atomic E-state index is 14.1. The number of benzene rings is 1. The Kier molecular flexibility index (Phi) is 30.4. The minimum atomic E-state index is -1.83. The van der Waals surface area contributed by atoms with Gasteiger partial charge in [-0.25, -0.2) is 0 Å². The fraction of sp³-hybridized carbons (Fsp3) is 0.694. The number of esters is 3. The van der Waals surface area contributed by atoms with E-state index in [1.54, 1.807) is 50.2 Å². The first-order valence-electron chi connectivity index (χ1n) is 25.8. The van der Waals surface area contributed by atoms with Gasteiger partial charge in [0.2, 0.25) is 11.8 Å². The number of aliphatic imine (C=N–C) groups is 1. The molecule has 0 aliphatic carbocycles. The van der Waals surface area contributed by atoms with Crippen LogP contribution in [0, 0.1) is 0 Å². The molecule has 0 bridgehead atoms. The Morgan fingerprint density at radius 3 is 2.20 bits per heavy atom. The third kappa shape index (κ3) is 24.4. The summed E-state index contributed by atoms with van der Waals surface area (Å²) in [5, 5.41) is 40.4. The van der Waals surface area contributed by atoms with Crippen LogP contribution < -0.4 is 48.5 Å². The third-order valence-electron chi connectivity index (χ3n) is 13.0. The zero-order valence-corrected chi connectivity index (χ0v) is 48.2. The summed E-state index contributed by atoms with van der Waals surface area (Å²) in [4.78, 5) is 111. The summed E-state index contributed by atoms with van der Waals surface area (Å²) >= 11 is -0.475. The Hall–Kier alpha value is -5.20. The van der Waals surface area contributed by atoms with Gasteiger partial charge in [0.05, 0.1) is 12.0 Å². The van der Waals surface area contributed by atoms with Crippen molar-refractivity contribution in [2.75, 3.05) is 119 Å². The van der Waals surface area contributed by atoms with Gasteiger partial charge in [0.1, 0.15) is 6.04 Å². The first-order chi connectivity index (χ1) is 35.9. The van der Waals surface area contributed by atoms with Crippen molar-refractivity contribution >= 4 is 60.5 Å². The summed E-state index contributed by atoms with van der Waals surface area (Å²) in [6.45, 7) is 9.59. The molecule has 27 heteroatoms. The molecule has 9 N–H and O–H groups in total. The first kappa shape index (κ1) is 66.9. The summed E-state index contributed by atoms with van der Waals surface area (Å²) < 4.78 is 18.8. The molecule has 0 spiro atoms. The molecule has 1 fully saturated rings. The Bertz CT molecular complexity index is 2080. The molecule has 430 valence electrons.